The van der Waals surface area contributed by atoms with Crippen molar-refractivity contribution in [1.82, 2.24) is 24.8 Å². The van der Waals surface area contributed by atoms with Crippen LogP contribution >= 0.6 is 23.1 Å². The lowest BCUT2D eigenvalue weighted by Crippen LogP contribution is -2.47. The molecule has 0 aliphatic carbocycles. The fraction of sp³-hybridized carbons (Fsp3) is 0.435. The topological polar surface area (TPSA) is 119 Å². The Kier molecular flexibility index (Phi) is 8.50. The molecule has 3 N–H and O–H groups in total. The molecule has 0 bridgehead atoms. The van der Waals surface area contributed by atoms with Gasteiger partial charge in [0.15, 0.2) is 10.3 Å². The summed E-state index contributed by atoms with van der Waals surface area (Å²) < 4.78 is 0. The number of rotatable bonds is 9. The average Bonchev–Trinajstić information content (AvgIpc) is 3.25. The lowest BCUT2D eigenvalue weighted by atomic mass is 10.2. The minimum atomic E-state index is -0.0780. The molecule has 2 aromatic heterocycles. The Bertz CT molecular complexity index is 1130. The number of aliphatic hydroxyl groups is 1. The second-order valence-electron chi connectivity index (χ2n) is 8.47. The van der Waals surface area contributed by atoms with Crippen molar-refractivity contribution >= 4 is 51.7 Å². The maximum Gasteiger partial charge on any atom is 0.234 e. The standard InChI is InChI=1S/C23H30N8O2S2/c1-15(2)19(33)25-17-4-6-18(7-5-17)35-23-28-20(27-22-24-14-16(3)34-22)26-21(29-23)31-10-8-30(9-11-31)12-13-32/h4-7,14-15,32H,8-13H2,1-3H3,(H,25,33)(H,24,26,27,28,29). The number of benzene rings is 1. The van der Waals surface area contributed by atoms with E-state index in [2.05, 4.69) is 35.4 Å². The summed E-state index contributed by atoms with van der Waals surface area (Å²) in [7, 11) is 0. The molecule has 4 rings (SSSR count). The van der Waals surface area contributed by atoms with Crippen LogP contribution in [-0.4, -0.2) is 75.2 Å². The van der Waals surface area contributed by atoms with E-state index in [-0.39, 0.29) is 18.4 Å². The number of aromatic nitrogens is 4. The molecule has 0 spiro atoms. The van der Waals surface area contributed by atoms with Gasteiger partial charge in [0, 0.05) is 60.3 Å². The smallest absolute Gasteiger partial charge is 0.234 e. The first-order valence-corrected chi connectivity index (χ1v) is 13.2. The second-order valence-corrected chi connectivity index (χ2v) is 10.7. The van der Waals surface area contributed by atoms with Crippen molar-refractivity contribution < 1.29 is 9.90 Å². The van der Waals surface area contributed by atoms with Crippen molar-refractivity contribution in [1.29, 1.82) is 0 Å². The van der Waals surface area contributed by atoms with Gasteiger partial charge in [0.2, 0.25) is 17.8 Å². The highest BCUT2D eigenvalue weighted by molar-refractivity contribution is 7.99. The fourth-order valence-corrected chi connectivity index (χ4v) is 4.81. The van der Waals surface area contributed by atoms with E-state index in [4.69, 9.17) is 4.98 Å². The van der Waals surface area contributed by atoms with Gasteiger partial charge in [-0.3, -0.25) is 15.0 Å². The third-order valence-corrected chi connectivity index (χ3v) is 7.07. The van der Waals surface area contributed by atoms with Crippen molar-refractivity contribution in [2.45, 2.75) is 30.8 Å². The van der Waals surface area contributed by atoms with Crippen LogP contribution in [0, 0.1) is 12.8 Å². The number of aliphatic hydroxyl groups excluding tert-OH is 1. The van der Waals surface area contributed by atoms with Crippen LogP contribution in [-0.2, 0) is 4.79 Å². The van der Waals surface area contributed by atoms with Crippen LogP contribution in [0.3, 0.4) is 0 Å². The van der Waals surface area contributed by atoms with Gasteiger partial charge in [-0.05, 0) is 43.0 Å². The van der Waals surface area contributed by atoms with E-state index < -0.39 is 0 Å². The summed E-state index contributed by atoms with van der Waals surface area (Å²) in [5, 5.41) is 16.6. The van der Waals surface area contributed by atoms with Crippen molar-refractivity contribution in [3.63, 3.8) is 0 Å². The molecule has 1 aliphatic heterocycles. The molecule has 10 nitrogen and oxygen atoms in total. The number of carbonyl (C=O) groups is 1. The molecule has 35 heavy (non-hydrogen) atoms. The molecule has 1 amide bonds. The molecule has 12 heteroatoms. The quantitative estimate of drug-likeness (QED) is 0.393. The maximum atomic E-state index is 11.9. The number of piperazine rings is 1. The molecule has 1 aliphatic rings. The summed E-state index contributed by atoms with van der Waals surface area (Å²) in [6, 6.07) is 7.63. The SMILES string of the molecule is Cc1cnc(Nc2nc(Sc3ccc(NC(=O)C(C)C)cc3)nc(N3CCN(CCO)CC3)n2)s1. The van der Waals surface area contributed by atoms with E-state index in [1.807, 2.05) is 51.2 Å². The van der Waals surface area contributed by atoms with Gasteiger partial charge in [-0.25, -0.2) is 4.98 Å². The van der Waals surface area contributed by atoms with E-state index in [9.17, 15) is 9.90 Å². The van der Waals surface area contributed by atoms with Crippen molar-refractivity contribution in [2.24, 2.45) is 5.92 Å². The molecular formula is C23H30N8O2S2. The van der Waals surface area contributed by atoms with Gasteiger partial charge in [-0.2, -0.15) is 15.0 Å². The molecule has 186 valence electrons. The Morgan fingerprint density at radius 2 is 1.89 bits per heavy atom. The van der Waals surface area contributed by atoms with Crippen molar-refractivity contribution in [3.05, 3.63) is 35.3 Å². The van der Waals surface area contributed by atoms with E-state index in [0.29, 0.717) is 23.6 Å². The van der Waals surface area contributed by atoms with Gasteiger partial charge >= 0.3 is 0 Å². The van der Waals surface area contributed by atoms with Crippen LogP contribution in [0.1, 0.15) is 18.7 Å². The average molecular weight is 515 g/mol. The third-order valence-electron chi connectivity index (χ3n) is 5.37. The van der Waals surface area contributed by atoms with Crippen LogP contribution < -0.4 is 15.5 Å². The first kappa shape index (κ1) is 25.3. The van der Waals surface area contributed by atoms with Crippen LogP contribution in [0.25, 0.3) is 0 Å². The normalized spacial score (nSPS) is 14.4. The molecule has 1 saturated heterocycles. The minimum Gasteiger partial charge on any atom is -0.395 e. The summed E-state index contributed by atoms with van der Waals surface area (Å²) >= 11 is 2.98. The predicted octanol–water partition coefficient (Wildman–Crippen LogP) is 3.24. The molecule has 3 aromatic rings. The zero-order valence-corrected chi connectivity index (χ0v) is 21.7. The van der Waals surface area contributed by atoms with E-state index in [1.165, 1.54) is 11.8 Å². The van der Waals surface area contributed by atoms with Gasteiger partial charge < -0.3 is 15.3 Å². The fourth-order valence-electron chi connectivity index (χ4n) is 3.41. The number of anilines is 4. The zero-order chi connectivity index (χ0) is 24.8. The number of hydrogen-bond acceptors (Lipinski definition) is 11. The lowest BCUT2D eigenvalue weighted by molar-refractivity contribution is -0.118. The Hall–Kier alpha value is -2.80. The number of aryl methyl sites for hydroxylation is 1. The Labute approximate surface area is 213 Å². The predicted molar refractivity (Wildman–Crippen MR) is 140 cm³/mol. The highest BCUT2D eigenvalue weighted by atomic mass is 32.2. The number of amides is 1. The summed E-state index contributed by atoms with van der Waals surface area (Å²) in [6.07, 6.45) is 1.81. The van der Waals surface area contributed by atoms with Gasteiger partial charge in [-0.1, -0.05) is 13.8 Å². The third kappa shape index (κ3) is 7.10. The van der Waals surface area contributed by atoms with Crippen LogP contribution in [0.4, 0.5) is 22.7 Å². The first-order valence-electron chi connectivity index (χ1n) is 11.5. The van der Waals surface area contributed by atoms with E-state index >= 15 is 0 Å². The summed E-state index contributed by atoms with van der Waals surface area (Å²) in [4.78, 5) is 36.8. The van der Waals surface area contributed by atoms with Crippen molar-refractivity contribution in [2.75, 3.05) is 54.9 Å². The number of hydrogen-bond donors (Lipinski definition) is 3. The molecule has 3 heterocycles. The number of thiazole rings is 1. The largest absolute Gasteiger partial charge is 0.395 e. The highest BCUT2D eigenvalue weighted by Gasteiger charge is 2.21. The number of nitrogens with zero attached hydrogens (tertiary/aromatic N) is 6. The second kappa shape index (κ2) is 11.8. The van der Waals surface area contributed by atoms with E-state index in [0.717, 1.165) is 46.8 Å². The molecular weight excluding hydrogens is 484 g/mol. The molecule has 0 radical (unpaired) electrons. The monoisotopic (exact) mass is 514 g/mol. The summed E-state index contributed by atoms with van der Waals surface area (Å²) in [6.45, 7) is 9.79. The van der Waals surface area contributed by atoms with Gasteiger partial charge in [0.1, 0.15) is 0 Å². The number of carbonyl (C=O) groups excluding carboxylic acids is 1. The molecule has 0 atom stereocenters. The molecule has 1 aromatic carbocycles. The zero-order valence-electron chi connectivity index (χ0n) is 20.1. The number of β-amino-alcohol motifs (C(OH)–C–C–N with tert-alkyl or cyclic N) is 1. The van der Waals surface area contributed by atoms with Crippen LogP contribution in [0.5, 0.6) is 0 Å². The van der Waals surface area contributed by atoms with E-state index in [1.54, 1.807) is 11.3 Å². The summed E-state index contributed by atoms with van der Waals surface area (Å²) in [5.74, 6) is 0.971. The molecule has 0 unspecified atom stereocenters. The molecule has 1 fully saturated rings. The lowest BCUT2D eigenvalue weighted by Gasteiger charge is -2.34. The number of nitrogens with one attached hydrogen (secondary N) is 2. The molecule has 0 saturated carbocycles. The Balaban J connectivity index is 1.53. The van der Waals surface area contributed by atoms with Gasteiger partial charge in [-0.15, -0.1) is 11.3 Å². The van der Waals surface area contributed by atoms with Crippen LogP contribution in [0.15, 0.2) is 40.5 Å². The Morgan fingerprint density at radius 1 is 1.14 bits per heavy atom. The Morgan fingerprint density at radius 3 is 2.51 bits per heavy atom. The summed E-state index contributed by atoms with van der Waals surface area (Å²) in [5.41, 5.74) is 0.756. The van der Waals surface area contributed by atoms with Crippen molar-refractivity contribution in [3.8, 4) is 0 Å². The highest BCUT2D eigenvalue weighted by Crippen LogP contribution is 2.29. The maximum absolute atomic E-state index is 11.9. The van der Waals surface area contributed by atoms with Crippen LogP contribution in [0.2, 0.25) is 0 Å². The first-order chi connectivity index (χ1) is 16.9. The van der Waals surface area contributed by atoms with Gasteiger partial charge in [0.25, 0.3) is 0 Å². The minimum absolute atomic E-state index is 0.0141. The van der Waals surface area contributed by atoms with Gasteiger partial charge in [0.05, 0.1) is 6.61 Å².